The topological polar surface area (TPSA) is 79.7 Å². The van der Waals surface area contributed by atoms with Crippen LogP contribution in [0.4, 0.5) is 0 Å². The van der Waals surface area contributed by atoms with Gasteiger partial charge in [0.1, 0.15) is 5.75 Å². The summed E-state index contributed by atoms with van der Waals surface area (Å²) in [5.74, 6) is -0.875. The number of hydrogen-bond donors (Lipinski definition) is 1. The molecule has 6 nitrogen and oxygen atoms in total. The molecule has 0 aliphatic heterocycles. The van der Waals surface area contributed by atoms with Crippen molar-refractivity contribution in [1.29, 1.82) is 0 Å². The molecule has 0 spiro atoms. The van der Waals surface area contributed by atoms with E-state index < -0.39 is 0 Å². The van der Waals surface area contributed by atoms with Crippen molar-refractivity contribution in [2.45, 2.75) is 13.3 Å². The predicted molar refractivity (Wildman–Crippen MR) is 64.1 cm³/mol. The molecule has 1 aromatic rings. The Kier molecular flexibility index (Phi) is 5.10. The van der Waals surface area contributed by atoms with E-state index in [9.17, 15) is 14.7 Å². The smallest absolute Gasteiger partial charge is 0.307 e. The van der Waals surface area contributed by atoms with Crippen LogP contribution >= 0.6 is 0 Å². The average molecular weight is 252 g/mol. The number of aromatic nitrogens is 1. The van der Waals surface area contributed by atoms with Crippen LogP contribution in [-0.4, -0.2) is 47.1 Å². The largest absolute Gasteiger partial charge is 0.505 e. The van der Waals surface area contributed by atoms with E-state index in [1.54, 1.807) is 6.92 Å². The molecule has 0 atom stereocenters. The van der Waals surface area contributed by atoms with Gasteiger partial charge < -0.3 is 14.7 Å². The van der Waals surface area contributed by atoms with E-state index >= 15 is 0 Å². The van der Waals surface area contributed by atoms with Crippen molar-refractivity contribution in [3.63, 3.8) is 0 Å². The summed E-state index contributed by atoms with van der Waals surface area (Å²) in [4.78, 5) is 28.3. The van der Waals surface area contributed by atoms with E-state index in [-0.39, 0.29) is 36.2 Å². The Hall–Kier alpha value is -2.11. The fourth-order valence-electron chi connectivity index (χ4n) is 1.47. The molecule has 6 heteroatoms. The molecule has 1 N–H and O–H groups in total. The lowest BCUT2D eigenvalue weighted by Crippen LogP contribution is -2.33. The maximum absolute atomic E-state index is 12.1. The zero-order valence-corrected chi connectivity index (χ0v) is 10.4. The molecule has 0 bridgehead atoms. The van der Waals surface area contributed by atoms with Crippen molar-refractivity contribution in [2.75, 3.05) is 20.2 Å². The molecule has 0 fully saturated rings. The van der Waals surface area contributed by atoms with Gasteiger partial charge in [-0.15, -0.1) is 0 Å². The van der Waals surface area contributed by atoms with E-state index in [2.05, 4.69) is 9.72 Å². The number of amides is 1. The second-order valence-corrected chi connectivity index (χ2v) is 3.60. The van der Waals surface area contributed by atoms with Crippen LogP contribution in [0.15, 0.2) is 18.5 Å². The van der Waals surface area contributed by atoms with Gasteiger partial charge in [-0.05, 0) is 13.0 Å². The van der Waals surface area contributed by atoms with E-state index in [4.69, 9.17) is 0 Å². The first-order valence-electron chi connectivity index (χ1n) is 5.59. The molecule has 0 aliphatic rings. The van der Waals surface area contributed by atoms with Crippen LogP contribution < -0.4 is 0 Å². The molecular weight excluding hydrogens is 236 g/mol. The van der Waals surface area contributed by atoms with Gasteiger partial charge in [-0.25, -0.2) is 0 Å². The number of esters is 1. The highest BCUT2D eigenvalue weighted by atomic mass is 16.5. The van der Waals surface area contributed by atoms with Crippen molar-refractivity contribution >= 4 is 11.9 Å². The third kappa shape index (κ3) is 3.44. The van der Waals surface area contributed by atoms with E-state index in [1.165, 1.54) is 30.5 Å². The number of hydrogen-bond acceptors (Lipinski definition) is 5. The standard InChI is InChI=1S/C12H16N2O4/c1-3-14(7-5-11(16)18-2)12(17)9-4-6-13-8-10(9)15/h4,6,8,15H,3,5,7H2,1-2H3. The van der Waals surface area contributed by atoms with Gasteiger partial charge in [0.25, 0.3) is 5.91 Å². The van der Waals surface area contributed by atoms with E-state index in [0.29, 0.717) is 6.54 Å². The lowest BCUT2D eigenvalue weighted by Gasteiger charge is -2.20. The SMILES string of the molecule is CCN(CCC(=O)OC)C(=O)c1ccncc1O. The zero-order chi connectivity index (χ0) is 13.5. The summed E-state index contributed by atoms with van der Waals surface area (Å²) < 4.78 is 4.52. The minimum Gasteiger partial charge on any atom is -0.505 e. The minimum atomic E-state index is -0.375. The summed E-state index contributed by atoms with van der Waals surface area (Å²) >= 11 is 0. The highest BCUT2D eigenvalue weighted by Crippen LogP contribution is 2.16. The van der Waals surface area contributed by atoms with Crippen LogP contribution in [-0.2, 0) is 9.53 Å². The summed E-state index contributed by atoms with van der Waals surface area (Å²) in [7, 11) is 1.30. The molecule has 0 saturated carbocycles. The van der Waals surface area contributed by atoms with E-state index in [0.717, 1.165) is 0 Å². The van der Waals surface area contributed by atoms with Crippen LogP contribution in [0.2, 0.25) is 0 Å². The Morgan fingerprint density at radius 3 is 2.78 bits per heavy atom. The first kappa shape index (κ1) is 14.0. The fourth-order valence-corrected chi connectivity index (χ4v) is 1.47. The van der Waals surface area contributed by atoms with Gasteiger partial charge in [0, 0.05) is 19.3 Å². The van der Waals surface area contributed by atoms with Crippen LogP contribution in [0.5, 0.6) is 5.75 Å². The van der Waals surface area contributed by atoms with Gasteiger partial charge in [-0.3, -0.25) is 14.6 Å². The number of aromatic hydroxyl groups is 1. The second-order valence-electron chi connectivity index (χ2n) is 3.60. The molecule has 1 aromatic heterocycles. The van der Waals surface area contributed by atoms with Gasteiger partial charge in [0.15, 0.2) is 0 Å². The molecule has 98 valence electrons. The number of nitrogens with zero attached hydrogens (tertiary/aromatic N) is 2. The highest BCUT2D eigenvalue weighted by Gasteiger charge is 2.18. The van der Waals surface area contributed by atoms with Crippen LogP contribution in [0.1, 0.15) is 23.7 Å². The van der Waals surface area contributed by atoms with Gasteiger partial charge in [-0.2, -0.15) is 0 Å². The average Bonchev–Trinajstić information content (AvgIpc) is 2.39. The van der Waals surface area contributed by atoms with Crippen LogP contribution in [0.25, 0.3) is 0 Å². The molecule has 0 saturated heterocycles. The Labute approximate surface area is 105 Å². The van der Waals surface area contributed by atoms with Gasteiger partial charge in [0.05, 0.1) is 25.3 Å². The third-order valence-electron chi connectivity index (χ3n) is 2.51. The summed E-state index contributed by atoms with van der Waals surface area (Å²) in [6.07, 6.45) is 2.77. The Morgan fingerprint density at radius 2 is 2.22 bits per heavy atom. The van der Waals surface area contributed by atoms with Gasteiger partial charge in [0.2, 0.25) is 0 Å². The summed E-state index contributed by atoms with van der Waals surface area (Å²) in [5.41, 5.74) is 0.178. The van der Waals surface area contributed by atoms with Crippen molar-refractivity contribution in [3.8, 4) is 5.75 Å². The first-order valence-corrected chi connectivity index (χ1v) is 5.59. The molecule has 1 heterocycles. The van der Waals surface area contributed by atoms with Crippen molar-refractivity contribution in [2.24, 2.45) is 0 Å². The van der Waals surface area contributed by atoms with Crippen molar-refractivity contribution < 1.29 is 19.4 Å². The van der Waals surface area contributed by atoms with Crippen molar-refractivity contribution in [1.82, 2.24) is 9.88 Å². The molecule has 0 aromatic carbocycles. The van der Waals surface area contributed by atoms with E-state index in [1.807, 2.05) is 0 Å². The summed E-state index contributed by atoms with van der Waals surface area (Å²) in [6.45, 7) is 2.49. The summed E-state index contributed by atoms with van der Waals surface area (Å²) in [5, 5.41) is 9.55. The Morgan fingerprint density at radius 1 is 1.50 bits per heavy atom. The lowest BCUT2D eigenvalue weighted by atomic mass is 10.2. The predicted octanol–water partition coefficient (Wildman–Crippen LogP) is 0.812. The Balaban J connectivity index is 2.74. The normalized spacial score (nSPS) is 9.89. The van der Waals surface area contributed by atoms with Gasteiger partial charge >= 0.3 is 5.97 Å². The fraction of sp³-hybridized carbons (Fsp3) is 0.417. The van der Waals surface area contributed by atoms with Crippen LogP contribution in [0.3, 0.4) is 0 Å². The molecule has 1 amide bonds. The number of rotatable bonds is 5. The zero-order valence-electron chi connectivity index (χ0n) is 10.4. The molecule has 0 aliphatic carbocycles. The maximum Gasteiger partial charge on any atom is 0.307 e. The second kappa shape index (κ2) is 6.58. The van der Waals surface area contributed by atoms with Crippen molar-refractivity contribution in [3.05, 3.63) is 24.0 Å². The highest BCUT2D eigenvalue weighted by molar-refractivity contribution is 5.96. The van der Waals surface area contributed by atoms with Gasteiger partial charge in [-0.1, -0.05) is 0 Å². The molecule has 0 unspecified atom stereocenters. The quantitative estimate of drug-likeness (QED) is 0.784. The molecule has 0 radical (unpaired) electrons. The van der Waals surface area contributed by atoms with Crippen LogP contribution in [0, 0.1) is 0 Å². The maximum atomic E-state index is 12.1. The molecule has 18 heavy (non-hydrogen) atoms. The number of methoxy groups -OCH3 is 1. The number of carbonyl (C=O) groups excluding carboxylic acids is 2. The molecule has 1 rings (SSSR count). The lowest BCUT2D eigenvalue weighted by molar-refractivity contribution is -0.140. The summed E-state index contributed by atoms with van der Waals surface area (Å²) in [6, 6.07) is 1.44. The number of ether oxygens (including phenoxy) is 1. The Bertz CT molecular complexity index is 434. The monoisotopic (exact) mass is 252 g/mol. The number of carbonyl (C=O) groups is 2. The third-order valence-corrected chi connectivity index (χ3v) is 2.51. The first-order chi connectivity index (χ1) is 8.60. The minimum absolute atomic E-state index is 0.127. The molecular formula is C12H16N2O4. The number of pyridine rings is 1.